The van der Waals surface area contributed by atoms with Crippen molar-refractivity contribution in [2.75, 3.05) is 0 Å². The zero-order chi connectivity index (χ0) is 17.7. The van der Waals surface area contributed by atoms with Crippen LogP contribution in [-0.4, -0.2) is 26.9 Å². The molecule has 0 aliphatic rings. The number of aromatic hydroxyl groups is 3. The number of aryl methyl sites for hydroxylation is 1. The van der Waals surface area contributed by atoms with E-state index >= 15 is 0 Å². The van der Waals surface area contributed by atoms with Crippen molar-refractivity contribution in [1.29, 1.82) is 0 Å². The van der Waals surface area contributed by atoms with Gasteiger partial charge in [0.25, 0.3) is 0 Å². The molecule has 0 aromatic heterocycles. The Morgan fingerprint density at radius 3 is 2.21 bits per heavy atom. The third kappa shape index (κ3) is 4.19. The fourth-order valence-corrected chi connectivity index (χ4v) is 2.36. The van der Waals surface area contributed by atoms with Gasteiger partial charge in [-0.2, -0.15) is 0 Å². The van der Waals surface area contributed by atoms with Crippen molar-refractivity contribution in [2.24, 2.45) is 0 Å². The second-order valence-electron chi connectivity index (χ2n) is 6.04. The van der Waals surface area contributed by atoms with Crippen molar-refractivity contribution < 1.29 is 24.9 Å². The summed E-state index contributed by atoms with van der Waals surface area (Å²) in [5, 5.41) is 28.4. The van der Waals surface area contributed by atoms with Crippen molar-refractivity contribution in [2.45, 2.75) is 38.7 Å². The summed E-state index contributed by atoms with van der Waals surface area (Å²) in [4.78, 5) is 12.3. The predicted octanol–water partition coefficient (Wildman–Crippen LogP) is 3.76. The van der Waals surface area contributed by atoms with E-state index in [0.29, 0.717) is 12.8 Å². The van der Waals surface area contributed by atoms with Crippen LogP contribution in [0.2, 0.25) is 0 Å². The molecule has 5 heteroatoms. The Bertz CT molecular complexity index is 688. The number of hydrogen-bond acceptors (Lipinski definition) is 5. The van der Waals surface area contributed by atoms with Gasteiger partial charge in [0.05, 0.1) is 5.56 Å². The second-order valence-corrected chi connectivity index (χ2v) is 6.04. The number of benzene rings is 2. The maximum absolute atomic E-state index is 12.3. The van der Waals surface area contributed by atoms with Crippen LogP contribution in [-0.2, 0) is 11.2 Å². The number of rotatable bonds is 6. The summed E-state index contributed by atoms with van der Waals surface area (Å²) in [6, 6.07) is 12.1. The Hall–Kier alpha value is -2.69. The molecule has 1 unspecified atom stereocenters. The lowest BCUT2D eigenvalue weighted by Gasteiger charge is -2.28. The van der Waals surface area contributed by atoms with E-state index < -0.39 is 28.8 Å². The standard InChI is InChI=1S/C19H22O5/c1-3-19(2,10-9-13-7-5-4-6-8-13)24-18(23)14-11-15(20)17(22)16(21)12-14/h4-8,11-12,20-22H,3,9-10H2,1-2H3. The molecule has 0 aliphatic heterocycles. The Morgan fingerprint density at radius 1 is 1.08 bits per heavy atom. The summed E-state index contributed by atoms with van der Waals surface area (Å²) in [6.07, 6.45) is 2.04. The molecular formula is C19H22O5. The van der Waals surface area contributed by atoms with Crippen LogP contribution < -0.4 is 0 Å². The number of ether oxygens (including phenoxy) is 1. The molecule has 0 amide bonds. The van der Waals surface area contributed by atoms with Crippen LogP contribution in [0.4, 0.5) is 0 Å². The molecule has 128 valence electrons. The first-order chi connectivity index (χ1) is 11.3. The second kappa shape index (κ2) is 7.25. The van der Waals surface area contributed by atoms with Gasteiger partial charge in [-0.3, -0.25) is 0 Å². The predicted molar refractivity (Wildman–Crippen MR) is 90.3 cm³/mol. The molecule has 0 saturated heterocycles. The van der Waals surface area contributed by atoms with Gasteiger partial charge in [-0.1, -0.05) is 37.3 Å². The zero-order valence-corrected chi connectivity index (χ0v) is 13.8. The SMILES string of the molecule is CCC(C)(CCc1ccccc1)OC(=O)c1cc(O)c(O)c(O)c1. The summed E-state index contributed by atoms with van der Waals surface area (Å²) in [7, 11) is 0. The maximum Gasteiger partial charge on any atom is 0.338 e. The highest BCUT2D eigenvalue weighted by molar-refractivity contribution is 5.91. The molecule has 2 rings (SSSR count). The largest absolute Gasteiger partial charge is 0.504 e. The highest BCUT2D eigenvalue weighted by atomic mass is 16.6. The minimum absolute atomic E-state index is 0.0119. The van der Waals surface area contributed by atoms with E-state index in [1.807, 2.05) is 44.2 Å². The summed E-state index contributed by atoms with van der Waals surface area (Å²) in [5.74, 6) is -2.44. The van der Waals surface area contributed by atoms with Crippen molar-refractivity contribution >= 4 is 5.97 Å². The Labute approximate surface area is 141 Å². The molecule has 5 nitrogen and oxygen atoms in total. The third-order valence-electron chi connectivity index (χ3n) is 4.18. The molecule has 2 aromatic rings. The summed E-state index contributed by atoms with van der Waals surface area (Å²) >= 11 is 0. The van der Waals surface area contributed by atoms with Crippen LogP contribution in [0.15, 0.2) is 42.5 Å². The minimum Gasteiger partial charge on any atom is -0.504 e. The molecule has 1 atom stereocenters. The van der Waals surface area contributed by atoms with Gasteiger partial charge in [0, 0.05) is 0 Å². The van der Waals surface area contributed by atoms with Crippen LogP contribution in [0.3, 0.4) is 0 Å². The molecule has 3 N–H and O–H groups in total. The average molecular weight is 330 g/mol. The van der Waals surface area contributed by atoms with Crippen LogP contribution >= 0.6 is 0 Å². The number of carbonyl (C=O) groups excluding carboxylic acids is 1. The fraction of sp³-hybridized carbons (Fsp3) is 0.316. The third-order valence-corrected chi connectivity index (χ3v) is 4.18. The van der Waals surface area contributed by atoms with Gasteiger partial charge in [0.1, 0.15) is 5.60 Å². The lowest BCUT2D eigenvalue weighted by Crippen LogP contribution is -2.31. The van der Waals surface area contributed by atoms with Crippen LogP contribution in [0.5, 0.6) is 17.2 Å². The molecule has 2 aromatic carbocycles. The summed E-state index contributed by atoms with van der Waals surface area (Å²) in [5.41, 5.74) is 0.478. The quantitative estimate of drug-likeness (QED) is 0.554. The van der Waals surface area contributed by atoms with E-state index in [0.717, 1.165) is 24.1 Å². The number of carbonyl (C=O) groups is 1. The van der Waals surface area contributed by atoms with Gasteiger partial charge in [-0.25, -0.2) is 4.79 Å². The van der Waals surface area contributed by atoms with Crippen LogP contribution in [0.25, 0.3) is 0 Å². The molecule has 0 heterocycles. The van der Waals surface area contributed by atoms with Gasteiger partial charge < -0.3 is 20.1 Å². The van der Waals surface area contributed by atoms with E-state index in [1.54, 1.807) is 0 Å². The van der Waals surface area contributed by atoms with Gasteiger partial charge >= 0.3 is 5.97 Å². The number of phenolic OH excluding ortho intramolecular Hbond substituents is 3. The topological polar surface area (TPSA) is 87.0 Å². The summed E-state index contributed by atoms with van der Waals surface area (Å²) < 4.78 is 5.60. The molecule has 0 aliphatic carbocycles. The fourth-order valence-electron chi connectivity index (χ4n) is 2.36. The van der Waals surface area contributed by atoms with E-state index in [9.17, 15) is 20.1 Å². The van der Waals surface area contributed by atoms with Crippen molar-refractivity contribution in [3.8, 4) is 17.2 Å². The molecule has 0 radical (unpaired) electrons. The Morgan fingerprint density at radius 2 is 1.67 bits per heavy atom. The lowest BCUT2D eigenvalue weighted by atomic mass is 9.94. The first kappa shape index (κ1) is 17.7. The van der Waals surface area contributed by atoms with Gasteiger partial charge in [-0.05, 0) is 43.9 Å². The number of phenols is 3. The van der Waals surface area contributed by atoms with Crippen molar-refractivity contribution in [3.05, 3.63) is 53.6 Å². The molecule has 0 saturated carbocycles. The highest BCUT2D eigenvalue weighted by Crippen LogP contribution is 2.36. The zero-order valence-electron chi connectivity index (χ0n) is 13.8. The van der Waals surface area contributed by atoms with Crippen LogP contribution in [0, 0.1) is 0 Å². The van der Waals surface area contributed by atoms with E-state index in [2.05, 4.69) is 0 Å². The van der Waals surface area contributed by atoms with E-state index in [-0.39, 0.29) is 5.56 Å². The number of esters is 1. The number of hydrogen-bond donors (Lipinski definition) is 3. The molecule has 0 bridgehead atoms. The molecule has 24 heavy (non-hydrogen) atoms. The molecule has 0 fully saturated rings. The monoisotopic (exact) mass is 330 g/mol. The molecule has 0 spiro atoms. The summed E-state index contributed by atoms with van der Waals surface area (Å²) in [6.45, 7) is 3.79. The van der Waals surface area contributed by atoms with Crippen molar-refractivity contribution in [1.82, 2.24) is 0 Å². The van der Waals surface area contributed by atoms with Crippen LogP contribution in [0.1, 0.15) is 42.6 Å². The normalized spacial score (nSPS) is 13.2. The Balaban J connectivity index is 2.09. The Kier molecular flexibility index (Phi) is 5.34. The molecular weight excluding hydrogens is 308 g/mol. The van der Waals surface area contributed by atoms with Gasteiger partial charge in [0.15, 0.2) is 17.2 Å². The van der Waals surface area contributed by atoms with Gasteiger partial charge in [0.2, 0.25) is 0 Å². The van der Waals surface area contributed by atoms with E-state index in [1.165, 1.54) is 0 Å². The first-order valence-corrected chi connectivity index (χ1v) is 7.87. The minimum atomic E-state index is -0.671. The van der Waals surface area contributed by atoms with Gasteiger partial charge in [-0.15, -0.1) is 0 Å². The lowest BCUT2D eigenvalue weighted by molar-refractivity contribution is -0.0152. The maximum atomic E-state index is 12.3. The smallest absolute Gasteiger partial charge is 0.338 e. The van der Waals surface area contributed by atoms with E-state index in [4.69, 9.17) is 4.74 Å². The van der Waals surface area contributed by atoms with Crippen molar-refractivity contribution in [3.63, 3.8) is 0 Å². The first-order valence-electron chi connectivity index (χ1n) is 7.87. The average Bonchev–Trinajstić information content (AvgIpc) is 2.58. The highest BCUT2D eigenvalue weighted by Gasteiger charge is 2.28.